The topological polar surface area (TPSA) is 69.3 Å². The highest BCUT2D eigenvalue weighted by atomic mass is 32.2. The van der Waals surface area contributed by atoms with Gasteiger partial charge in [-0.15, -0.1) is 0 Å². The second-order valence-corrected chi connectivity index (χ2v) is 7.16. The summed E-state index contributed by atoms with van der Waals surface area (Å²) in [5.74, 6) is 0. The minimum Gasteiger partial charge on any atom is -0.347 e. The molecule has 1 N–H and O–H groups in total. The first kappa shape index (κ1) is 13.1. The molecule has 0 atom stereocenters. The molecule has 2 aliphatic rings. The van der Waals surface area contributed by atoms with E-state index in [1.54, 1.807) is 14.9 Å². The van der Waals surface area contributed by atoms with Crippen molar-refractivity contribution in [3.05, 3.63) is 17.7 Å². The van der Waals surface area contributed by atoms with Gasteiger partial charge in [-0.05, 0) is 12.8 Å². The van der Waals surface area contributed by atoms with Crippen molar-refractivity contribution in [1.82, 2.24) is 18.6 Å². The van der Waals surface area contributed by atoms with Crippen LogP contribution in [-0.4, -0.2) is 46.6 Å². The number of hydrogen-bond acceptors (Lipinski definition) is 3. The molecule has 0 amide bonds. The van der Waals surface area contributed by atoms with Crippen LogP contribution in [0, 0.1) is 0 Å². The maximum Gasteiger partial charge on any atom is 0.282 e. The Hall–Kier alpha value is -0.920. The minimum atomic E-state index is -3.31. The van der Waals surface area contributed by atoms with E-state index < -0.39 is 10.2 Å². The Bertz CT molecular complexity index is 532. The number of aromatic amines is 1. The molecule has 7 heteroatoms. The van der Waals surface area contributed by atoms with E-state index in [1.165, 1.54) is 0 Å². The van der Waals surface area contributed by atoms with E-state index >= 15 is 0 Å². The van der Waals surface area contributed by atoms with Crippen LogP contribution < -0.4 is 0 Å². The summed E-state index contributed by atoms with van der Waals surface area (Å²) in [4.78, 5) is 7.25. The fraction of sp³-hybridized carbons (Fsp3) is 0.750. The van der Waals surface area contributed by atoms with Gasteiger partial charge in [0.1, 0.15) is 0 Å². The fourth-order valence-corrected chi connectivity index (χ4v) is 4.48. The van der Waals surface area contributed by atoms with Crippen LogP contribution in [0.1, 0.15) is 37.1 Å². The van der Waals surface area contributed by atoms with Gasteiger partial charge in [-0.2, -0.15) is 17.0 Å². The molecule has 1 fully saturated rings. The number of nitrogens with one attached hydrogen (secondary N) is 1. The molecule has 0 aromatic carbocycles. The van der Waals surface area contributed by atoms with Crippen LogP contribution in [0.3, 0.4) is 0 Å². The van der Waals surface area contributed by atoms with E-state index in [1.807, 2.05) is 0 Å². The van der Waals surface area contributed by atoms with Crippen molar-refractivity contribution in [3.8, 4) is 0 Å². The van der Waals surface area contributed by atoms with Gasteiger partial charge in [-0.1, -0.05) is 12.8 Å². The van der Waals surface area contributed by atoms with Crippen molar-refractivity contribution in [2.24, 2.45) is 0 Å². The Morgan fingerprint density at radius 1 is 1.05 bits per heavy atom. The minimum absolute atomic E-state index is 0.425. The molecule has 0 unspecified atom stereocenters. The summed E-state index contributed by atoms with van der Waals surface area (Å²) in [7, 11) is -3.31. The summed E-state index contributed by atoms with van der Waals surface area (Å²) in [5.41, 5.74) is 1.94. The monoisotopic (exact) mass is 284 g/mol. The largest absolute Gasteiger partial charge is 0.347 e. The third kappa shape index (κ3) is 2.54. The number of imidazole rings is 1. The predicted molar refractivity (Wildman–Crippen MR) is 71.7 cm³/mol. The molecule has 6 nitrogen and oxygen atoms in total. The third-order valence-electron chi connectivity index (χ3n) is 3.96. The molecular weight excluding hydrogens is 264 g/mol. The molecule has 106 valence electrons. The van der Waals surface area contributed by atoms with Gasteiger partial charge in [0.05, 0.1) is 24.3 Å². The molecule has 1 aromatic heterocycles. The van der Waals surface area contributed by atoms with Gasteiger partial charge in [0.15, 0.2) is 0 Å². The molecule has 0 aliphatic carbocycles. The quantitative estimate of drug-likeness (QED) is 0.877. The van der Waals surface area contributed by atoms with Crippen LogP contribution in [0.25, 0.3) is 0 Å². The summed E-state index contributed by atoms with van der Waals surface area (Å²) < 4.78 is 28.5. The lowest BCUT2D eigenvalue weighted by molar-refractivity contribution is 0.325. The van der Waals surface area contributed by atoms with Crippen LogP contribution in [0.2, 0.25) is 0 Å². The molecule has 2 aliphatic heterocycles. The highest BCUT2D eigenvalue weighted by Gasteiger charge is 2.33. The van der Waals surface area contributed by atoms with E-state index in [0.29, 0.717) is 32.6 Å². The molecule has 0 spiro atoms. The van der Waals surface area contributed by atoms with Gasteiger partial charge >= 0.3 is 0 Å². The van der Waals surface area contributed by atoms with Crippen molar-refractivity contribution in [1.29, 1.82) is 0 Å². The Balaban J connectivity index is 1.77. The van der Waals surface area contributed by atoms with Gasteiger partial charge in [0, 0.05) is 26.1 Å². The molecule has 1 saturated heterocycles. The first-order valence-corrected chi connectivity index (χ1v) is 8.34. The smallest absolute Gasteiger partial charge is 0.282 e. The van der Waals surface area contributed by atoms with Crippen LogP contribution in [0.4, 0.5) is 0 Å². The lowest BCUT2D eigenvalue weighted by Gasteiger charge is -2.31. The fourth-order valence-electron chi connectivity index (χ4n) is 2.82. The first-order chi connectivity index (χ1) is 9.18. The number of aromatic nitrogens is 2. The zero-order valence-corrected chi connectivity index (χ0v) is 11.8. The molecule has 0 bridgehead atoms. The molecule has 0 radical (unpaired) electrons. The predicted octanol–water partition coefficient (Wildman–Crippen LogP) is 0.889. The summed E-state index contributed by atoms with van der Waals surface area (Å²) in [6.45, 7) is 2.29. The van der Waals surface area contributed by atoms with Gasteiger partial charge in [-0.25, -0.2) is 4.98 Å². The molecular formula is C12H20N4O2S. The Labute approximate surface area is 114 Å². The standard InChI is InChI=1S/C12H20N4O2S/c17-19(18,15-6-3-1-2-4-7-15)16-8-5-11-12(9-16)14-10-13-11/h10H,1-9H2,(H,13,14). The summed E-state index contributed by atoms with van der Waals surface area (Å²) in [5, 5.41) is 0. The number of hydrogen-bond donors (Lipinski definition) is 1. The lowest BCUT2D eigenvalue weighted by atomic mass is 10.2. The summed E-state index contributed by atoms with van der Waals surface area (Å²) in [6.07, 6.45) is 6.57. The molecule has 0 saturated carbocycles. The molecule has 19 heavy (non-hydrogen) atoms. The highest BCUT2D eigenvalue weighted by molar-refractivity contribution is 7.86. The summed E-state index contributed by atoms with van der Waals surface area (Å²) >= 11 is 0. The van der Waals surface area contributed by atoms with Gasteiger partial charge < -0.3 is 4.98 Å². The van der Waals surface area contributed by atoms with Gasteiger partial charge in [0.25, 0.3) is 10.2 Å². The van der Waals surface area contributed by atoms with E-state index in [0.717, 1.165) is 37.1 Å². The average molecular weight is 284 g/mol. The third-order valence-corrected chi connectivity index (χ3v) is 5.94. The maximum atomic E-state index is 12.6. The zero-order valence-electron chi connectivity index (χ0n) is 11.0. The normalized spacial score (nSPS) is 22.9. The van der Waals surface area contributed by atoms with Crippen molar-refractivity contribution in [3.63, 3.8) is 0 Å². The number of fused-ring (bicyclic) bond motifs is 1. The van der Waals surface area contributed by atoms with E-state index in [2.05, 4.69) is 9.97 Å². The van der Waals surface area contributed by atoms with Crippen molar-refractivity contribution < 1.29 is 8.42 Å². The Morgan fingerprint density at radius 2 is 1.79 bits per heavy atom. The Morgan fingerprint density at radius 3 is 2.53 bits per heavy atom. The zero-order chi connectivity index (χ0) is 13.3. The van der Waals surface area contributed by atoms with Crippen molar-refractivity contribution in [2.75, 3.05) is 19.6 Å². The summed E-state index contributed by atoms with van der Waals surface area (Å²) in [6, 6.07) is 0. The number of H-pyrrole nitrogens is 1. The van der Waals surface area contributed by atoms with Gasteiger partial charge in [-0.3, -0.25) is 0 Å². The van der Waals surface area contributed by atoms with Crippen LogP contribution in [0.5, 0.6) is 0 Å². The van der Waals surface area contributed by atoms with Crippen molar-refractivity contribution in [2.45, 2.75) is 38.6 Å². The average Bonchev–Trinajstić information content (AvgIpc) is 2.69. The number of nitrogens with zero attached hydrogens (tertiary/aromatic N) is 3. The van der Waals surface area contributed by atoms with Crippen LogP contribution >= 0.6 is 0 Å². The SMILES string of the molecule is O=S(=O)(N1CCCCCC1)N1CCc2nc[nH]c2C1. The first-order valence-electron chi connectivity index (χ1n) is 6.94. The molecule has 3 rings (SSSR count). The highest BCUT2D eigenvalue weighted by Crippen LogP contribution is 2.22. The second-order valence-electron chi connectivity index (χ2n) is 5.23. The Kier molecular flexibility index (Phi) is 3.60. The lowest BCUT2D eigenvalue weighted by Crippen LogP contribution is -2.46. The van der Waals surface area contributed by atoms with E-state index in [4.69, 9.17) is 0 Å². The maximum absolute atomic E-state index is 12.6. The molecule has 1 aromatic rings. The number of rotatable bonds is 2. The second kappa shape index (κ2) is 5.22. The van der Waals surface area contributed by atoms with E-state index in [9.17, 15) is 8.42 Å². The van der Waals surface area contributed by atoms with Crippen LogP contribution in [-0.2, 0) is 23.2 Å². The molecule has 3 heterocycles. The van der Waals surface area contributed by atoms with Crippen LogP contribution in [0.15, 0.2) is 6.33 Å². The van der Waals surface area contributed by atoms with E-state index in [-0.39, 0.29) is 0 Å². The van der Waals surface area contributed by atoms with Gasteiger partial charge in [0.2, 0.25) is 0 Å². The van der Waals surface area contributed by atoms with Crippen molar-refractivity contribution >= 4 is 10.2 Å².